The van der Waals surface area contributed by atoms with Gasteiger partial charge in [0.25, 0.3) is 5.91 Å². The van der Waals surface area contributed by atoms with E-state index in [0.29, 0.717) is 21.6 Å². The molecule has 2 heterocycles. The molecular formula is C15H10BrN5O5. The van der Waals surface area contributed by atoms with Crippen molar-refractivity contribution in [3.05, 3.63) is 51.8 Å². The summed E-state index contributed by atoms with van der Waals surface area (Å²) in [6, 6.07) is 7.97. The third-order valence-electron chi connectivity index (χ3n) is 3.19. The lowest BCUT2D eigenvalue weighted by Gasteiger charge is -2.03. The molecule has 0 aliphatic carbocycles. The molecule has 0 fully saturated rings. The van der Waals surface area contributed by atoms with Gasteiger partial charge in [0.05, 0.1) is 11.8 Å². The number of carboxylic acids is 1. The average molecular weight is 420 g/mol. The van der Waals surface area contributed by atoms with E-state index in [4.69, 9.17) is 10.2 Å². The zero-order valence-electron chi connectivity index (χ0n) is 12.8. The third-order valence-corrected chi connectivity index (χ3v) is 3.68. The summed E-state index contributed by atoms with van der Waals surface area (Å²) in [5.74, 6) is -1.31. The first-order chi connectivity index (χ1) is 12.5. The molecule has 132 valence electrons. The molecule has 0 aliphatic heterocycles. The van der Waals surface area contributed by atoms with Crippen molar-refractivity contribution in [1.82, 2.24) is 15.7 Å². The number of halogens is 1. The van der Waals surface area contributed by atoms with E-state index < -0.39 is 11.9 Å². The number of rotatable bonds is 5. The number of anilines is 1. The van der Waals surface area contributed by atoms with Crippen LogP contribution in [0.1, 0.15) is 26.6 Å². The molecule has 1 aromatic carbocycles. The number of benzene rings is 1. The first-order valence-corrected chi connectivity index (χ1v) is 7.79. The van der Waals surface area contributed by atoms with Gasteiger partial charge in [-0.15, -0.1) is 0 Å². The number of hydrogen-bond acceptors (Lipinski definition) is 8. The highest BCUT2D eigenvalue weighted by atomic mass is 79.9. The van der Waals surface area contributed by atoms with E-state index >= 15 is 0 Å². The number of aromatic nitrogens is 2. The van der Waals surface area contributed by atoms with E-state index in [-0.39, 0.29) is 17.1 Å². The Balaban J connectivity index is 1.76. The SMILES string of the molecule is Nc1nonc1C(=O)N/N=C/c1ccc(-c2ccc(Br)cc2C(=O)O)o1. The van der Waals surface area contributed by atoms with Crippen LogP contribution >= 0.6 is 15.9 Å². The second kappa shape index (κ2) is 7.19. The van der Waals surface area contributed by atoms with Crippen LogP contribution in [-0.2, 0) is 0 Å². The van der Waals surface area contributed by atoms with Crippen molar-refractivity contribution in [2.45, 2.75) is 0 Å². The Labute approximate surface area is 153 Å². The quantitative estimate of drug-likeness (QED) is 0.419. The number of nitrogens with one attached hydrogen (secondary N) is 1. The Morgan fingerprint density at radius 2 is 2.08 bits per heavy atom. The summed E-state index contributed by atoms with van der Waals surface area (Å²) < 4.78 is 10.5. The predicted octanol–water partition coefficient (Wildman–Crippen LogP) is 2.14. The molecule has 0 spiro atoms. The normalized spacial score (nSPS) is 11.0. The van der Waals surface area contributed by atoms with E-state index in [1.165, 1.54) is 12.3 Å². The van der Waals surface area contributed by atoms with Crippen molar-refractivity contribution < 1.29 is 23.7 Å². The van der Waals surface area contributed by atoms with Gasteiger partial charge < -0.3 is 15.3 Å². The molecule has 11 heteroatoms. The van der Waals surface area contributed by atoms with Gasteiger partial charge in [0.15, 0.2) is 0 Å². The number of nitrogens with two attached hydrogens (primary N) is 1. The van der Waals surface area contributed by atoms with Crippen molar-refractivity contribution in [3.63, 3.8) is 0 Å². The summed E-state index contributed by atoms with van der Waals surface area (Å²) in [6.07, 6.45) is 1.24. The van der Waals surface area contributed by atoms with Gasteiger partial charge in [0.2, 0.25) is 11.5 Å². The molecule has 2 aromatic heterocycles. The lowest BCUT2D eigenvalue weighted by atomic mass is 10.1. The number of nitrogens with zero attached hydrogens (tertiary/aromatic N) is 3. The van der Waals surface area contributed by atoms with Gasteiger partial charge in [-0.25, -0.2) is 14.8 Å². The molecule has 0 aliphatic rings. The number of hydrazone groups is 1. The summed E-state index contributed by atoms with van der Waals surface area (Å²) >= 11 is 3.23. The van der Waals surface area contributed by atoms with Crippen molar-refractivity contribution in [2.24, 2.45) is 5.10 Å². The van der Waals surface area contributed by atoms with Crippen LogP contribution in [-0.4, -0.2) is 33.5 Å². The summed E-state index contributed by atoms with van der Waals surface area (Å²) in [5.41, 5.74) is 7.88. The Bertz CT molecular complexity index is 1010. The van der Waals surface area contributed by atoms with Gasteiger partial charge in [-0.1, -0.05) is 15.9 Å². The molecule has 0 bridgehead atoms. The van der Waals surface area contributed by atoms with Gasteiger partial charge >= 0.3 is 5.97 Å². The Kier molecular flexibility index (Phi) is 4.80. The van der Waals surface area contributed by atoms with E-state index in [9.17, 15) is 14.7 Å². The number of amides is 1. The van der Waals surface area contributed by atoms with E-state index in [1.54, 1.807) is 24.3 Å². The molecule has 0 saturated carbocycles. The zero-order valence-corrected chi connectivity index (χ0v) is 14.4. The molecule has 1 amide bonds. The molecule has 0 saturated heterocycles. The molecule has 26 heavy (non-hydrogen) atoms. The van der Waals surface area contributed by atoms with E-state index in [2.05, 4.69) is 41.4 Å². The maximum atomic E-state index is 11.7. The van der Waals surface area contributed by atoms with Crippen molar-refractivity contribution >= 4 is 39.8 Å². The lowest BCUT2D eigenvalue weighted by molar-refractivity contribution is 0.0697. The van der Waals surface area contributed by atoms with Crippen LogP contribution in [0.3, 0.4) is 0 Å². The number of carbonyl (C=O) groups is 2. The maximum absolute atomic E-state index is 11.7. The Hall–Kier alpha value is -3.47. The number of carboxylic acid groups (broad SMARTS) is 1. The van der Waals surface area contributed by atoms with Crippen molar-refractivity contribution in [1.29, 1.82) is 0 Å². The van der Waals surface area contributed by atoms with Gasteiger partial charge in [0.1, 0.15) is 11.5 Å². The van der Waals surface area contributed by atoms with Gasteiger partial charge in [-0.3, -0.25) is 4.79 Å². The highest BCUT2D eigenvalue weighted by Gasteiger charge is 2.16. The molecule has 4 N–H and O–H groups in total. The third kappa shape index (κ3) is 3.62. The highest BCUT2D eigenvalue weighted by Crippen LogP contribution is 2.28. The van der Waals surface area contributed by atoms with Crippen LogP contribution < -0.4 is 11.2 Å². The number of furan rings is 1. The second-order valence-electron chi connectivity index (χ2n) is 4.89. The van der Waals surface area contributed by atoms with Crippen LogP contribution in [0.4, 0.5) is 5.82 Å². The highest BCUT2D eigenvalue weighted by molar-refractivity contribution is 9.10. The smallest absolute Gasteiger partial charge is 0.336 e. The van der Waals surface area contributed by atoms with E-state index in [1.807, 2.05) is 0 Å². The average Bonchev–Trinajstić information content (AvgIpc) is 3.23. The maximum Gasteiger partial charge on any atom is 0.336 e. The van der Waals surface area contributed by atoms with Crippen molar-refractivity contribution in [3.8, 4) is 11.3 Å². The first kappa shape index (κ1) is 17.4. The number of aromatic carboxylic acids is 1. The molecule has 3 rings (SSSR count). The van der Waals surface area contributed by atoms with Crippen molar-refractivity contribution in [2.75, 3.05) is 5.73 Å². The summed E-state index contributed by atoms with van der Waals surface area (Å²) in [6.45, 7) is 0. The van der Waals surface area contributed by atoms with Crippen LogP contribution in [0.25, 0.3) is 11.3 Å². The minimum absolute atomic E-state index is 0.0829. The molecule has 0 radical (unpaired) electrons. The zero-order chi connectivity index (χ0) is 18.7. The number of nitrogen functional groups attached to an aromatic ring is 1. The summed E-state index contributed by atoms with van der Waals surface area (Å²) in [5, 5.41) is 19.6. The molecular weight excluding hydrogens is 410 g/mol. The molecule has 10 nitrogen and oxygen atoms in total. The fraction of sp³-hybridized carbons (Fsp3) is 0. The summed E-state index contributed by atoms with van der Waals surface area (Å²) in [4.78, 5) is 23.1. The monoisotopic (exact) mass is 419 g/mol. The number of carbonyl (C=O) groups excluding carboxylic acids is 1. The van der Waals surface area contributed by atoms with Gasteiger partial charge in [-0.2, -0.15) is 5.10 Å². The van der Waals surface area contributed by atoms with Crippen LogP contribution in [0.5, 0.6) is 0 Å². The Morgan fingerprint density at radius 3 is 2.77 bits per heavy atom. The standard InChI is InChI=1S/C15H10BrN5O5/c16-7-1-3-9(10(5-7)15(23)24)11-4-2-8(25-11)6-18-19-14(22)12-13(17)21-26-20-12/h1-6H,(H2,17,21)(H,19,22)(H,23,24)/b18-6+. The van der Waals surface area contributed by atoms with Gasteiger partial charge in [0, 0.05) is 10.0 Å². The van der Waals surface area contributed by atoms with E-state index in [0.717, 1.165) is 0 Å². The van der Waals surface area contributed by atoms with Crippen LogP contribution in [0.15, 0.2) is 49.0 Å². The minimum atomic E-state index is -1.08. The molecule has 0 atom stereocenters. The van der Waals surface area contributed by atoms with Crippen LogP contribution in [0.2, 0.25) is 0 Å². The molecule has 0 unspecified atom stereocenters. The second-order valence-corrected chi connectivity index (χ2v) is 5.81. The largest absolute Gasteiger partial charge is 0.478 e. The number of hydrogen-bond donors (Lipinski definition) is 3. The van der Waals surface area contributed by atoms with Crippen LogP contribution in [0, 0.1) is 0 Å². The summed E-state index contributed by atoms with van der Waals surface area (Å²) in [7, 11) is 0. The fourth-order valence-electron chi connectivity index (χ4n) is 2.04. The predicted molar refractivity (Wildman–Crippen MR) is 92.6 cm³/mol. The minimum Gasteiger partial charge on any atom is -0.478 e. The molecule has 3 aromatic rings. The first-order valence-electron chi connectivity index (χ1n) is 7.00. The van der Waals surface area contributed by atoms with Gasteiger partial charge in [-0.05, 0) is 40.6 Å². The lowest BCUT2D eigenvalue weighted by Crippen LogP contribution is -2.19. The fourth-order valence-corrected chi connectivity index (χ4v) is 2.40. The topological polar surface area (TPSA) is 157 Å². The Morgan fingerprint density at radius 1 is 1.27 bits per heavy atom.